The molecule has 3 aromatic heterocycles. The van der Waals surface area contributed by atoms with Crippen LogP contribution in [0.2, 0.25) is 0 Å². The Labute approximate surface area is 173 Å². The van der Waals surface area contributed by atoms with Crippen molar-refractivity contribution in [2.45, 2.75) is 69.1 Å². The van der Waals surface area contributed by atoms with Crippen LogP contribution in [0.1, 0.15) is 62.9 Å². The number of nitrogens with one attached hydrogen (secondary N) is 2. The molecular formula is C21H29N5O2S. The number of H-pyrrole nitrogens is 1. The molecule has 2 aliphatic rings. The zero-order valence-corrected chi connectivity index (χ0v) is 17.6. The molecule has 0 aliphatic heterocycles. The van der Waals surface area contributed by atoms with Gasteiger partial charge in [0.25, 0.3) is 0 Å². The van der Waals surface area contributed by atoms with Gasteiger partial charge in [0.2, 0.25) is 0 Å². The van der Waals surface area contributed by atoms with E-state index in [0.29, 0.717) is 23.5 Å². The summed E-state index contributed by atoms with van der Waals surface area (Å²) in [5.41, 5.74) is 3.96. The number of imidazole rings is 1. The lowest BCUT2D eigenvalue weighted by atomic mass is 9.93. The van der Waals surface area contributed by atoms with Gasteiger partial charge in [0.05, 0.1) is 29.0 Å². The van der Waals surface area contributed by atoms with Crippen LogP contribution in [0, 0.1) is 5.92 Å². The molecule has 2 fully saturated rings. The topological polar surface area (TPSA) is 101 Å². The van der Waals surface area contributed by atoms with E-state index in [4.69, 9.17) is 4.98 Å². The maximum atomic E-state index is 12.4. The third kappa shape index (κ3) is 3.56. The molecule has 8 heteroatoms. The first-order valence-electron chi connectivity index (χ1n) is 10.8. The second-order valence-corrected chi connectivity index (χ2v) is 9.99. The van der Waals surface area contributed by atoms with E-state index < -0.39 is 11.4 Å². The molecule has 3 N–H and O–H groups in total. The molecule has 2 saturated carbocycles. The smallest absolute Gasteiger partial charge is 0.154 e. The molecule has 0 aromatic carbocycles. The molecular weight excluding hydrogens is 386 g/mol. The van der Waals surface area contributed by atoms with Crippen LogP contribution >= 0.6 is 0 Å². The molecule has 0 amide bonds. The van der Waals surface area contributed by atoms with E-state index in [1.54, 1.807) is 0 Å². The largest absolute Gasteiger partial charge is 0.598 e. The Morgan fingerprint density at radius 1 is 1.34 bits per heavy atom. The van der Waals surface area contributed by atoms with Gasteiger partial charge in [-0.1, -0.05) is 13.3 Å². The van der Waals surface area contributed by atoms with Crippen LogP contribution in [-0.4, -0.2) is 46.9 Å². The van der Waals surface area contributed by atoms with Crippen molar-refractivity contribution < 1.29 is 9.66 Å². The third-order valence-electron chi connectivity index (χ3n) is 6.51. The first-order chi connectivity index (χ1) is 14.2. The molecule has 3 aromatic rings. The summed E-state index contributed by atoms with van der Waals surface area (Å²) in [5.74, 6) is 1.93. The van der Waals surface area contributed by atoms with Crippen molar-refractivity contribution in [3.8, 4) is 0 Å². The maximum Gasteiger partial charge on any atom is 0.154 e. The fraction of sp³-hybridized carbons (Fsp3) is 0.619. The lowest BCUT2D eigenvalue weighted by Gasteiger charge is -2.17. The molecule has 0 bridgehead atoms. The lowest BCUT2D eigenvalue weighted by Crippen LogP contribution is -2.35. The number of hydrogen-bond acceptors (Lipinski definition) is 5. The van der Waals surface area contributed by atoms with Crippen molar-refractivity contribution in [3.05, 3.63) is 30.0 Å². The van der Waals surface area contributed by atoms with E-state index >= 15 is 0 Å². The number of aliphatic hydroxyl groups is 1. The molecule has 5 rings (SSSR count). The zero-order chi connectivity index (χ0) is 20.0. The van der Waals surface area contributed by atoms with Crippen LogP contribution in [0.4, 0.5) is 0 Å². The van der Waals surface area contributed by atoms with E-state index in [0.717, 1.165) is 66.7 Å². The number of nitrogens with zero attached hydrogens (tertiary/aromatic N) is 3. The van der Waals surface area contributed by atoms with E-state index in [-0.39, 0.29) is 12.6 Å². The molecule has 7 nitrogen and oxygen atoms in total. The molecule has 156 valence electrons. The summed E-state index contributed by atoms with van der Waals surface area (Å²) >= 11 is -0.901. The summed E-state index contributed by atoms with van der Waals surface area (Å²) in [5, 5.41) is 9.67. The average Bonchev–Trinajstić information content (AvgIpc) is 3.18. The van der Waals surface area contributed by atoms with Gasteiger partial charge >= 0.3 is 0 Å². The number of aryl methyl sites for hydroxylation is 1. The van der Waals surface area contributed by atoms with Crippen molar-refractivity contribution >= 4 is 28.0 Å². The van der Waals surface area contributed by atoms with Crippen LogP contribution in [0.15, 0.2) is 18.5 Å². The summed E-state index contributed by atoms with van der Waals surface area (Å²) < 4.78 is 18.1. The number of rotatable bonds is 8. The predicted octanol–water partition coefficient (Wildman–Crippen LogP) is 2.82. The summed E-state index contributed by atoms with van der Waals surface area (Å²) in [4.78, 5) is 12.9. The third-order valence-corrected chi connectivity index (χ3v) is 8.15. The minimum Gasteiger partial charge on any atom is -0.598 e. The Morgan fingerprint density at radius 2 is 2.21 bits per heavy atom. The van der Waals surface area contributed by atoms with Gasteiger partial charge in [-0.15, -0.1) is 4.72 Å². The highest BCUT2D eigenvalue weighted by Crippen LogP contribution is 2.43. The molecule has 3 heterocycles. The number of aliphatic hydroxyl groups excluding tert-OH is 1. The number of aromatic nitrogens is 4. The first-order valence-corrected chi connectivity index (χ1v) is 12.0. The van der Waals surface area contributed by atoms with Gasteiger partial charge in [-0.25, -0.2) is 9.97 Å². The van der Waals surface area contributed by atoms with Gasteiger partial charge in [0.15, 0.2) is 5.65 Å². The number of hydrogen-bond donors (Lipinski definition) is 3. The normalized spacial score (nSPS) is 26.0. The zero-order valence-electron chi connectivity index (χ0n) is 16.8. The van der Waals surface area contributed by atoms with E-state index in [9.17, 15) is 9.66 Å². The van der Waals surface area contributed by atoms with Gasteiger partial charge in [0, 0.05) is 42.9 Å². The van der Waals surface area contributed by atoms with Crippen LogP contribution < -0.4 is 4.72 Å². The van der Waals surface area contributed by atoms with Crippen LogP contribution in [0.3, 0.4) is 0 Å². The van der Waals surface area contributed by atoms with Crippen LogP contribution in [0.25, 0.3) is 16.7 Å². The van der Waals surface area contributed by atoms with E-state index in [1.165, 1.54) is 0 Å². The second kappa shape index (κ2) is 7.91. The standard InChI is InChI=1S/C21H29N5O2S/c1-2-13-10-14(25-29(28)15-5-6-15)11-16(13)21-24-17(4-3-9-27)19-12-23-20-18(26(19)21)7-8-22-20/h7-8,12-16,22,25,27H,2-6,9-11H2,1H3/t13-,14+,16+,29?/m1/s1. The summed E-state index contributed by atoms with van der Waals surface area (Å²) in [7, 11) is 0. The summed E-state index contributed by atoms with van der Waals surface area (Å²) in [6.45, 7) is 2.40. The van der Waals surface area contributed by atoms with Gasteiger partial charge in [-0.3, -0.25) is 4.40 Å². The van der Waals surface area contributed by atoms with Gasteiger partial charge < -0.3 is 14.6 Å². The monoisotopic (exact) mass is 415 g/mol. The molecule has 4 atom stereocenters. The molecule has 2 aliphatic carbocycles. The van der Waals surface area contributed by atoms with E-state index in [1.807, 2.05) is 12.4 Å². The number of aromatic amines is 1. The molecule has 0 radical (unpaired) electrons. The van der Waals surface area contributed by atoms with Crippen LogP contribution in [0.5, 0.6) is 0 Å². The van der Waals surface area contributed by atoms with Crippen LogP contribution in [-0.2, 0) is 17.8 Å². The van der Waals surface area contributed by atoms with Gasteiger partial charge in [-0.2, -0.15) is 0 Å². The Kier molecular flexibility index (Phi) is 5.28. The average molecular weight is 416 g/mol. The van der Waals surface area contributed by atoms with Crippen molar-refractivity contribution in [2.75, 3.05) is 6.61 Å². The second-order valence-electron chi connectivity index (χ2n) is 8.49. The highest BCUT2D eigenvalue weighted by Gasteiger charge is 2.42. The van der Waals surface area contributed by atoms with Crippen molar-refractivity contribution in [2.24, 2.45) is 5.92 Å². The van der Waals surface area contributed by atoms with E-state index in [2.05, 4.69) is 32.1 Å². The van der Waals surface area contributed by atoms with Gasteiger partial charge in [-0.05, 0) is 37.7 Å². The minimum atomic E-state index is -0.901. The first kappa shape index (κ1) is 19.4. The van der Waals surface area contributed by atoms with Gasteiger partial charge in [0.1, 0.15) is 11.1 Å². The fourth-order valence-electron chi connectivity index (χ4n) is 4.86. The minimum absolute atomic E-state index is 0.161. The van der Waals surface area contributed by atoms with Crippen molar-refractivity contribution in [1.29, 1.82) is 0 Å². The SMILES string of the molecule is CC[C@@H]1C[C@H](N[S+]([O-])C2CC2)C[C@@H]1c1nc(CCCO)c2cnc3[nH]ccc3n12. The fourth-order valence-corrected chi connectivity index (χ4v) is 6.13. The highest BCUT2D eigenvalue weighted by atomic mass is 32.2. The van der Waals surface area contributed by atoms with Crippen molar-refractivity contribution in [1.82, 2.24) is 24.1 Å². The Hall–Kier alpha value is -1.61. The summed E-state index contributed by atoms with van der Waals surface area (Å²) in [6.07, 6.45) is 10.5. The lowest BCUT2D eigenvalue weighted by molar-refractivity contribution is 0.288. The van der Waals surface area contributed by atoms with Crippen molar-refractivity contribution in [3.63, 3.8) is 0 Å². The molecule has 0 spiro atoms. The molecule has 29 heavy (non-hydrogen) atoms. The Balaban J connectivity index is 1.52. The molecule has 0 saturated heterocycles. The summed E-state index contributed by atoms with van der Waals surface area (Å²) in [6, 6.07) is 2.34. The highest BCUT2D eigenvalue weighted by molar-refractivity contribution is 7.90. The quantitative estimate of drug-likeness (QED) is 0.491. The Bertz CT molecular complexity index is 998. The predicted molar refractivity (Wildman–Crippen MR) is 114 cm³/mol. The molecule has 1 unspecified atom stereocenters. The number of fused-ring (bicyclic) bond motifs is 3. The Morgan fingerprint density at radius 3 is 2.97 bits per heavy atom. The maximum absolute atomic E-state index is 12.4.